The Morgan fingerprint density at radius 2 is 1.48 bits per heavy atom. The topological polar surface area (TPSA) is 22.1 Å². The highest BCUT2D eigenvalue weighted by atomic mass is 32.1. The van der Waals surface area contributed by atoms with E-state index in [1.165, 1.54) is 0 Å². The molecular formula is C22H17NOS. The van der Waals surface area contributed by atoms with Crippen molar-refractivity contribution in [1.29, 1.82) is 0 Å². The van der Waals surface area contributed by atoms with Gasteiger partial charge in [0.25, 0.3) is 0 Å². The van der Waals surface area contributed by atoms with E-state index in [1.807, 2.05) is 36.4 Å². The van der Waals surface area contributed by atoms with Crippen molar-refractivity contribution >= 4 is 11.3 Å². The van der Waals surface area contributed by atoms with E-state index >= 15 is 0 Å². The average molecular weight is 343 g/mol. The Hall–Kier alpha value is -2.91. The van der Waals surface area contributed by atoms with Gasteiger partial charge in [0.2, 0.25) is 0 Å². The Kier molecular flexibility index (Phi) is 4.32. The first kappa shape index (κ1) is 15.6. The largest absolute Gasteiger partial charge is 0.496 e. The van der Waals surface area contributed by atoms with Crippen LogP contribution in [0.4, 0.5) is 0 Å². The van der Waals surface area contributed by atoms with Gasteiger partial charge >= 0.3 is 0 Å². The van der Waals surface area contributed by atoms with Gasteiger partial charge in [-0.25, -0.2) is 4.98 Å². The second-order valence-corrected chi connectivity index (χ2v) is 6.54. The summed E-state index contributed by atoms with van der Waals surface area (Å²) in [6, 6.07) is 26.8. The number of hydrogen-bond donors (Lipinski definition) is 0. The van der Waals surface area contributed by atoms with Gasteiger partial charge < -0.3 is 4.74 Å². The first-order chi connectivity index (χ1) is 12.3. The van der Waals surface area contributed by atoms with E-state index in [2.05, 4.69) is 47.8 Å². The maximum absolute atomic E-state index is 5.49. The second kappa shape index (κ2) is 6.91. The summed E-state index contributed by atoms with van der Waals surface area (Å²) in [6.45, 7) is 0. The molecule has 0 fully saturated rings. The van der Waals surface area contributed by atoms with Gasteiger partial charge in [0.1, 0.15) is 10.8 Å². The van der Waals surface area contributed by atoms with Crippen LogP contribution < -0.4 is 4.74 Å². The Balaban J connectivity index is 1.72. The molecule has 25 heavy (non-hydrogen) atoms. The molecule has 4 rings (SSSR count). The molecule has 0 spiro atoms. The van der Waals surface area contributed by atoms with Crippen molar-refractivity contribution < 1.29 is 4.74 Å². The summed E-state index contributed by atoms with van der Waals surface area (Å²) in [4.78, 5) is 4.82. The molecular weight excluding hydrogens is 326 g/mol. The highest BCUT2D eigenvalue weighted by molar-refractivity contribution is 7.13. The Morgan fingerprint density at radius 1 is 0.760 bits per heavy atom. The third kappa shape index (κ3) is 3.19. The molecule has 0 saturated heterocycles. The molecule has 1 heterocycles. The zero-order chi connectivity index (χ0) is 17.1. The summed E-state index contributed by atoms with van der Waals surface area (Å²) in [5, 5.41) is 3.15. The highest BCUT2D eigenvalue weighted by Gasteiger charge is 2.09. The number of ether oxygens (including phenoxy) is 1. The molecule has 0 saturated carbocycles. The van der Waals surface area contributed by atoms with Gasteiger partial charge in [0, 0.05) is 22.1 Å². The maximum Gasteiger partial charge on any atom is 0.126 e. The van der Waals surface area contributed by atoms with Crippen LogP contribution in [-0.2, 0) is 0 Å². The summed E-state index contributed by atoms with van der Waals surface area (Å²) < 4.78 is 5.49. The highest BCUT2D eigenvalue weighted by Crippen LogP contribution is 2.34. The maximum atomic E-state index is 5.49. The second-order valence-electron chi connectivity index (χ2n) is 5.69. The summed E-state index contributed by atoms with van der Waals surface area (Å²) >= 11 is 1.67. The molecule has 2 nitrogen and oxygen atoms in total. The van der Waals surface area contributed by atoms with E-state index in [9.17, 15) is 0 Å². The van der Waals surface area contributed by atoms with Crippen LogP contribution in [-0.4, -0.2) is 12.1 Å². The molecule has 0 bridgehead atoms. The zero-order valence-corrected chi connectivity index (χ0v) is 14.7. The van der Waals surface area contributed by atoms with Crippen molar-refractivity contribution in [3.63, 3.8) is 0 Å². The van der Waals surface area contributed by atoms with E-state index in [-0.39, 0.29) is 0 Å². The number of aromatic nitrogens is 1. The van der Waals surface area contributed by atoms with Gasteiger partial charge in [-0.2, -0.15) is 0 Å². The lowest BCUT2D eigenvalue weighted by atomic mass is 10.0. The lowest BCUT2D eigenvalue weighted by Crippen LogP contribution is -1.88. The molecule has 1 aromatic heterocycles. The fourth-order valence-electron chi connectivity index (χ4n) is 2.85. The molecule has 3 aromatic carbocycles. The molecule has 0 radical (unpaired) electrons. The van der Waals surface area contributed by atoms with Crippen LogP contribution in [0.1, 0.15) is 0 Å². The number of benzene rings is 3. The molecule has 0 aliphatic heterocycles. The van der Waals surface area contributed by atoms with E-state index in [4.69, 9.17) is 9.72 Å². The molecule has 3 heteroatoms. The number of nitrogens with zero attached hydrogens (tertiary/aromatic N) is 1. The SMILES string of the molecule is COc1ccccc1-c1cccc(-c2csc(-c3ccccc3)n2)c1. The normalized spacial score (nSPS) is 10.6. The van der Waals surface area contributed by atoms with Crippen LogP contribution in [0, 0.1) is 0 Å². The smallest absolute Gasteiger partial charge is 0.126 e. The first-order valence-corrected chi connectivity index (χ1v) is 8.98. The van der Waals surface area contributed by atoms with Crippen molar-refractivity contribution in [1.82, 2.24) is 4.98 Å². The summed E-state index contributed by atoms with van der Waals surface area (Å²) in [5.74, 6) is 0.878. The average Bonchev–Trinajstić information content (AvgIpc) is 3.19. The minimum atomic E-state index is 0.878. The molecule has 0 atom stereocenters. The molecule has 0 amide bonds. The Labute approximate surface area is 151 Å². The number of hydrogen-bond acceptors (Lipinski definition) is 3. The first-order valence-electron chi connectivity index (χ1n) is 8.10. The van der Waals surface area contributed by atoms with Gasteiger partial charge in [-0.05, 0) is 17.7 Å². The summed E-state index contributed by atoms with van der Waals surface area (Å²) in [7, 11) is 1.70. The van der Waals surface area contributed by atoms with Crippen molar-refractivity contribution in [3.05, 3.63) is 84.2 Å². The van der Waals surface area contributed by atoms with Crippen LogP contribution in [0.25, 0.3) is 33.0 Å². The van der Waals surface area contributed by atoms with E-state index in [0.717, 1.165) is 38.7 Å². The molecule has 122 valence electrons. The Morgan fingerprint density at radius 3 is 2.32 bits per heavy atom. The molecule has 0 N–H and O–H groups in total. The fourth-order valence-corrected chi connectivity index (χ4v) is 3.68. The molecule has 0 aliphatic carbocycles. The minimum Gasteiger partial charge on any atom is -0.496 e. The van der Waals surface area contributed by atoms with Gasteiger partial charge in [0.15, 0.2) is 0 Å². The van der Waals surface area contributed by atoms with Crippen LogP contribution >= 0.6 is 11.3 Å². The van der Waals surface area contributed by atoms with Crippen LogP contribution in [0.5, 0.6) is 5.75 Å². The quantitative estimate of drug-likeness (QED) is 0.443. The van der Waals surface area contributed by atoms with Gasteiger partial charge in [-0.15, -0.1) is 11.3 Å². The Bertz CT molecular complexity index is 992. The molecule has 0 unspecified atom stereocenters. The minimum absolute atomic E-state index is 0.878. The lowest BCUT2D eigenvalue weighted by Gasteiger charge is -2.09. The molecule has 4 aromatic rings. The third-order valence-corrected chi connectivity index (χ3v) is 4.99. The van der Waals surface area contributed by atoms with E-state index < -0.39 is 0 Å². The van der Waals surface area contributed by atoms with Gasteiger partial charge in [0.05, 0.1) is 12.8 Å². The zero-order valence-electron chi connectivity index (χ0n) is 13.8. The van der Waals surface area contributed by atoms with Crippen molar-refractivity contribution in [2.45, 2.75) is 0 Å². The van der Waals surface area contributed by atoms with Crippen molar-refractivity contribution in [2.75, 3.05) is 7.11 Å². The summed E-state index contributed by atoms with van der Waals surface area (Å²) in [5.41, 5.74) is 5.48. The monoisotopic (exact) mass is 343 g/mol. The summed E-state index contributed by atoms with van der Waals surface area (Å²) in [6.07, 6.45) is 0. The fraction of sp³-hybridized carbons (Fsp3) is 0.0455. The van der Waals surface area contributed by atoms with Crippen LogP contribution in [0.15, 0.2) is 84.2 Å². The van der Waals surface area contributed by atoms with E-state index in [1.54, 1.807) is 18.4 Å². The standard InChI is InChI=1S/C22H17NOS/c1-24-21-13-6-5-12-19(21)17-10-7-11-18(14-17)20-15-25-22(23-20)16-8-3-2-4-9-16/h2-15H,1H3. The van der Waals surface area contributed by atoms with Crippen molar-refractivity contribution in [3.8, 4) is 38.7 Å². The van der Waals surface area contributed by atoms with Crippen LogP contribution in [0.3, 0.4) is 0 Å². The van der Waals surface area contributed by atoms with Crippen LogP contribution in [0.2, 0.25) is 0 Å². The number of rotatable bonds is 4. The van der Waals surface area contributed by atoms with Crippen molar-refractivity contribution in [2.24, 2.45) is 0 Å². The predicted octanol–water partition coefficient (Wildman–Crippen LogP) is 6.15. The number of para-hydroxylation sites is 1. The third-order valence-electron chi connectivity index (χ3n) is 4.10. The van der Waals surface area contributed by atoms with Gasteiger partial charge in [-0.3, -0.25) is 0 Å². The van der Waals surface area contributed by atoms with E-state index in [0.29, 0.717) is 0 Å². The number of thiazole rings is 1. The molecule has 0 aliphatic rings. The lowest BCUT2D eigenvalue weighted by molar-refractivity contribution is 0.416. The number of methoxy groups -OCH3 is 1. The predicted molar refractivity (Wildman–Crippen MR) is 105 cm³/mol. The van der Waals surface area contributed by atoms with Gasteiger partial charge in [-0.1, -0.05) is 66.7 Å².